The van der Waals surface area contributed by atoms with Gasteiger partial charge in [0.05, 0.1) is 6.61 Å². The van der Waals surface area contributed by atoms with Crippen molar-refractivity contribution in [3.8, 4) is 0 Å². The second-order valence-electron chi connectivity index (χ2n) is 1.00. The van der Waals surface area contributed by atoms with Crippen LogP contribution in [-0.2, 0) is 10.8 Å². The molecule has 0 amide bonds. The van der Waals surface area contributed by atoms with Crippen molar-refractivity contribution < 1.29 is 9.32 Å². The molecule has 0 bridgehead atoms. The molecule has 0 aliphatic carbocycles. The third-order valence-corrected chi connectivity index (χ3v) is 1.14. The summed E-state index contributed by atoms with van der Waals surface area (Å²) in [5, 5.41) is 8.04. The summed E-state index contributed by atoms with van der Waals surface area (Å²) in [6.07, 6.45) is 1.57. The van der Waals surface area contributed by atoms with Gasteiger partial charge in [0.2, 0.25) is 0 Å². The van der Waals surface area contributed by atoms with Crippen LogP contribution in [0.15, 0.2) is 0 Å². The number of aliphatic hydroxyl groups excluding tert-OH is 1. The third-order valence-electron chi connectivity index (χ3n) is 0.379. The minimum Gasteiger partial charge on any atom is -0.395 e. The fourth-order valence-electron chi connectivity index (χ4n) is 0.129. The lowest BCUT2D eigenvalue weighted by molar-refractivity contribution is 0.321. The van der Waals surface area contributed by atoms with Crippen molar-refractivity contribution in [2.24, 2.45) is 0 Å². The fraction of sp³-hybridized carbons (Fsp3) is 1.00. The summed E-state index contributed by atoms with van der Waals surface area (Å²) >= 11 is 0. The monoisotopic (exact) mass is 144 g/mol. The molecule has 0 saturated carbocycles. The van der Waals surface area contributed by atoms with Crippen molar-refractivity contribution in [2.75, 3.05) is 18.6 Å². The Balaban J connectivity index is 0. The van der Waals surface area contributed by atoms with Crippen LogP contribution in [0.25, 0.3) is 0 Å². The van der Waals surface area contributed by atoms with Crippen LogP contribution in [-0.4, -0.2) is 27.9 Å². The molecule has 0 fully saturated rings. The molecule has 0 aliphatic rings. The van der Waals surface area contributed by atoms with Crippen LogP contribution in [0.3, 0.4) is 0 Å². The quantitative estimate of drug-likeness (QED) is 0.582. The Morgan fingerprint density at radius 3 is 2.14 bits per heavy atom. The first-order chi connectivity index (χ1) is 2.77. The van der Waals surface area contributed by atoms with Gasteiger partial charge in [-0.05, 0) is 0 Å². The van der Waals surface area contributed by atoms with E-state index in [0.717, 1.165) is 0 Å². The van der Waals surface area contributed by atoms with Gasteiger partial charge in [-0.3, -0.25) is 4.21 Å². The zero-order valence-corrected chi connectivity index (χ0v) is 5.72. The molecule has 0 saturated heterocycles. The lowest BCUT2D eigenvalue weighted by Gasteiger charge is -1.82. The third kappa shape index (κ3) is 10.7. The molecule has 7 heavy (non-hydrogen) atoms. The van der Waals surface area contributed by atoms with Gasteiger partial charge in [0.15, 0.2) is 0 Å². The van der Waals surface area contributed by atoms with E-state index in [2.05, 4.69) is 0 Å². The molecule has 46 valence electrons. The number of rotatable bonds is 2. The summed E-state index contributed by atoms with van der Waals surface area (Å²) in [7, 11) is -0.816. The Hall–Kier alpha value is 0.400. The maximum absolute atomic E-state index is 9.99. The van der Waals surface area contributed by atoms with Crippen LogP contribution >= 0.6 is 12.4 Å². The predicted octanol–water partition coefficient (Wildman–Crippen LogP) is -0.221. The van der Waals surface area contributed by atoms with E-state index in [0.29, 0.717) is 5.75 Å². The SMILES string of the molecule is C[S@](=O)CCO.Cl. The van der Waals surface area contributed by atoms with Crippen molar-refractivity contribution in [3.05, 3.63) is 0 Å². The Morgan fingerprint density at radius 1 is 1.71 bits per heavy atom. The van der Waals surface area contributed by atoms with E-state index in [1.54, 1.807) is 6.26 Å². The van der Waals surface area contributed by atoms with Crippen LogP contribution < -0.4 is 0 Å². The molecule has 0 spiro atoms. The number of aliphatic hydroxyl groups is 1. The van der Waals surface area contributed by atoms with Crippen LogP contribution in [0, 0.1) is 0 Å². The average Bonchev–Trinajstić information content (AvgIpc) is 1.35. The molecule has 1 N–H and O–H groups in total. The van der Waals surface area contributed by atoms with Crippen molar-refractivity contribution in [2.45, 2.75) is 0 Å². The van der Waals surface area contributed by atoms with Gasteiger partial charge in [0.1, 0.15) is 0 Å². The first kappa shape index (κ1) is 10.4. The number of hydrogen-bond acceptors (Lipinski definition) is 2. The summed E-state index contributed by atoms with van der Waals surface area (Å²) in [4.78, 5) is 0. The first-order valence-electron chi connectivity index (χ1n) is 1.68. The fourth-order valence-corrected chi connectivity index (χ4v) is 0.386. The van der Waals surface area contributed by atoms with E-state index >= 15 is 0 Å². The van der Waals surface area contributed by atoms with Gasteiger partial charge in [-0.25, -0.2) is 0 Å². The van der Waals surface area contributed by atoms with E-state index in [4.69, 9.17) is 5.11 Å². The van der Waals surface area contributed by atoms with Crippen molar-refractivity contribution in [3.63, 3.8) is 0 Å². The molecule has 0 aromatic rings. The van der Waals surface area contributed by atoms with Gasteiger partial charge in [0.25, 0.3) is 0 Å². The van der Waals surface area contributed by atoms with Crippen LogP contribution in [0.5, 0.6) is 0 Å². The van der Waals surface area contributed by atoms with Gasteiger partial charge in [-0.1, -0.05) is 0 Å². The molecular weight excluding hydrogens is 136 g/mol. The maximum atomic E-state index is 9.99. The normalized spacial score (nSPS) is 12.3. The lowest BCUT2D eigenvalue weighted by Crippen LogP contribution is -1.97. The highest BCUT2D eigenvalue weighted by atomic mass is 35.5. The molecule has 0 aromatic carbocycles. The summed E-state index contributed by atoms with van der Waals surface area (Å²) in [6, 6.07) is 0. The summed E-state index contributed by atoms with van der Waals surface area (Å²) in [5.74, 6) is 0.403. The Bertz CT molecular complexity index is 56.9. The van der Waals surface area contributed by atoms with Crippen LogP contribution in [0.1, 0.15) is 0 Å². The molecule has 0 aliphatic heterocycles. The Labute approximate surface area is 51.8 Å². The van der Waals surface area contributed by atoms with Crippen molar-refractivity contribution in [1.82, 2.24) is 0 Å². The van der Waals surface area contributed by atoms with E-state index in [1.807, 2.05) is 0 Å². The zero-order chi connectivity index (χ0) is 4.99. The van der Waals surface area contributed by atoms with Gasteiger partial charge >= 0.3 is 0 Å². The predicted molar refractivity (Wildman–Crippen MR) is 33.3 cm³/mol. The topological polar surface area (TPSA) is 37.3 Å². The van der Waals surface area contributed by atoms with Crippen LogP contribution in [0.4, 0.5) is 0 Å². The minimum absolute atomic E-state index is 0. The van der Waals surface area contributed by atoms with E-state index in [-0.39, 0.29) is 19.0 Å². The molecule has 4 heteroatoms. The molecule has 2 nitrogen and oxygen atoms in total. The smallest absolute Gasteiger partial charge is 0.0546 e. The summed E-state index contributed by atoms with van der Waals surface area (Å²) < 4.78 is 9.99. The van der Waals surface area contributed by atoms with E-state index in [1.165, 1.54) is 0 Å². The molecule has 1 atom stereocenters. The molecule has 0 aromatic heterocycles. The summed E-state index contributed by atoms with van der Waals surface area (Å²) in [5.41, 5.74) is 0. The molecule has 0 rings (SSSR count). The molecular formula is C3H9ClO2S. The lowest BCUT2D eigenvalue weighted by atomic mass is 10.9. The summed E-state index contributed by atoms with van der Waals surface area (Å²) in [6.45, 7) is 0.0309. The minimum atomic E-state index is -0.816. The highest BCUT2D eigenvalue weighted by Gasteiger charge is 1.82. The number of halogens is 1. The largest absolute Gasteiger partial charge is 0.395 e. The van der Waals surface area contributed by atoms with Gasteiger partial charge in [-0.2, -0.15) is 0 Å². The number of hydrogen-bond donors (Lipinski definition) is 1. The molecule has 0 heterocycles. The second-order valence-corrected chi connectivity index (χ2v) is 2.56. The maximum Gasteiger partial charge on any atom is 0.0546 e. The Kier molecular flexibility index (Phi) is 9.50. The van der Waals surface area contributed by atoms with Crippen molar-refractivity contribution >= 4 is 23.2 Å². The molecule has 0 unspecified atom stereocenters. The van der Waals surface area contributed by atoms with E-state index in [9.17, 15) is 4.21 Å². The highest BCUT2D eigenvalue weighted by Crippen LogP contribution is 1.67. The standard InChI is InChI=1S/C3H8O2S.ClH/c1-6(5)3-2-4;/h4H,2-3H2,1H3;1H/t6-;/m0./s1. The van der Waals surface area contributed by atoms with Crippen molar-refractivity contribution in [1.29, 1.82) is 0 Å². The first-order valence-corrected chi connectivity index (χ1v) is 3.41. The zero-order valence-electron chi connectivity index (χ0n) is 4.09. The Morgan fingerprint density at radius 2 is 2.14 bits per heavy atom. The second kappa shape index (κ2) is 6.40. The van der Waals surface area contributed by atoms with Crippen LogP contribution in [0.2, 0.25) is 0 Å². The van der Waals surface area contributed by atoms with Gasteiger partial charge < -0.3 is 5.11 Å². The molecule has 0 radical (unpaired) electrons. The van der Waals surface area contributed by atoms with Gasteiger partial charge in [-0.15, -0.1) is 12.4 Å². The average molecular weight is 145 g/mol. The van der Waals surface area contributed by atoms with E-state index < -0.39 is 10.8 Å². The highest BCUT2D eigenvalue weighted by molar-refractivity contribution is 7.84. The van der Waals surface area contributed by atoms with Gasteiger partial charge in [0, 0.05) is 22.8 Å².